The Balaban J connectivity index is -0.0000000256. The minimum Gasteiger partial charge on any atom is -0.516 e. The summed E-state index contributed by atoms with van der Waals surface area (Å²) >= 11 is 0. The second-order valence-electron chi connectivity index (χ2n) is 2.05. The van der Waals surface area contributed by atoms with E-state index in [-0.39, 0.29) is 22.3 Å². The SMILES string of the molecule is C.C.C.C/C=C/C=C\O.CCC.O=C/C=C\O. The number of hydrogen-bond acceptors (Lipinski definition) is 3. The Labute approximate surface area is 108 Å². The molecule has 0 saturated heterocycles. The first kappa shape index (κ1) is 36.1. The van der Waals surface area contributed by atoms with E-state index in [1.807, 2.05) is 13.0 Å². The first-order valence-corrected chi connectivity index (χ1v) is 4.41. The van der Waals surface area contributed by atoms with Gasteiger partial charge in [-0.05, 0) is 13.0 Å². The highest BCUT2D eigenvalue weighted by molar-refractivity contribution is 5.63. The molecular formula is C14H32O3. The van der Waals surface area contributed by atoms with Gasteiger partial charge in [0.25, 0.3) is 0 Å². The monoisotopic (exact) mass is 248 g/mol. The molecule has 0 aliphatic heterocycles. The highest BCUT2D eigenvalue weighted by Crippen LogP contribution is 1.69. The van der Waals surface area contributed by atoms with E-state index < -0.39 is 0 Å². The van der Waals surface area contributed by atoms with Crippen molar-refractivity contribution in [3.63, 3.8) is 0 Å². The second kappa shape index (κ2) is 62.6. The molecule has 2 N–H and O–H groups in total. The molecule has 0 radical (unpaired) electrons. The van der Waals surface area contributed by atoms with Crippen molar-refractivity contribution < 1.29 is 15.0 Å². The number of rotatable bonds is 2. The number of aliphatic hydroxyl groups excluding tert-OH is 2. The molecule has 0 rings (SSSR count). The predicted octanol–water partition coefficient (Wildman–Crippen LogP) is 5.22. The Morgan fingerprint density at radius 1 is 0.882 bits per heavy atom. The van der Waals surface area contributed by atoms with Gasteiger partial charge in [-0.3, -0.25) is 4.79 Å². The third-order valence-electron chi connectivity index (χ3n) is 0.554. The van der Waals surface area contributed by atoms with Gasteiger partial charge in [0.1, 0.15) is 6.29 Å². The van der Waals surface area contributed by atoms with Gasteiger partial charge in [0.2, 0.25) is 0 Å². The van der Waals surface area contributed by atoms with E-state index in [9.17, 15) is 0 Å². The molecule has 0 heterocycles. The number of aldehydes is 1. The lowest BCUT2D eigenvalue weighted by atomic mass is 10.5. The minimum atomic E-state index is 0. The highest BCUT2D eigenvalue weighted by Gasteiger charge is 1.50. The van der Waals surface area contributed by atoms with Gasteiger partial charge < -0.3 is 10.2 Å². The van der Waals surface area contributed by atoms with E-state index in [0.717, 1.165) is 12.3 Å². The van der Waals surface area contributed by atoms with Gasteiger partial charge in [-0.15, -0.1) is 0 Å². The molecule has 0 unspecified atom stereocenters. The summed E-state index contributed by atoms with van der Waals surface area (Å²) in [5, 5.41) is 15.6. The first-order valence-electron chi connectivity index (χ1n) is 4.41. The molecule has 0 saturated carbocycles. The molecule has 3 heteroatoms. The molecule has 17 heavy (non-hydrogen) atoms. The van der Waals surface area contributed by atoms with E-state index in [0.29, 0.717) is 12.5 Å². The molecule has 0 fully saturated rings. The zero-order valence-corrected chi connectivity index (χ0v) is 9.05. The summed E-state index contributed by atoms with van der Waals surface area (Å²) < 4.78 is 0. The Bertz CT molecular complexity index is 149. The fourth-order valence-electron chi connectivity index (χ4n) is 0.196. The van der Waals surface area contributed by atoms with Crippen LogP contribution in [0, 0.1) is 0 Å². The number of carbonyl (C=O) groups is 1. The third-order valence-corrected chi connectivity index (χ3v) is 0.554. The maximum atomic E-state index is 9.16. The zero-order chi connectivity index (χ0) is 11.7. The summed E-state index contributed by atoms with van der Waals surface area (Å²) in [6, 6.07) is 0. The van der Waals surface area contributed by atoms with Crippen molar-refractivity contribution >= 4 is 6.29 Å². The van der Waals surface area contributed by atoms with Crippen molar-refractivity contribution in [2.24, 2.45) is 0 Å². The molecule has 3 nitrogen and oxygen atoms in total. The molecule has 0 spiro atoms. The molecule has 0 aliphatic carbocycles. The van der Waals surface area contributed by atoms with Crippen LogP contribution in [0.1, 0.15) is 49.5 Å². The van der Waals surface area contributed by atoms with Gasteiger partial charge in [0.15, 0.2) is 0 Å². The van der Waals surface area contributed by atoms with Gasteiger partial charge >= 0.3 is 0 Å². The van der Waals surface area contributed by atoms with Crippen LogP contribution in [-0.2, 0) is 4.79 Å². The van der Waals surface area contributed by atoms with Crippen LogP contribution in [-0.4, -0.2) is 16.5 Å². The lowest BCUT2D eigenvalue weighted by Gasteiger charge is -1.63. The quantitative estimate of drug-likeness (QED) is 0.305. The van der Waals surface area contributed by atoms with Gasteiger partial charge in [0.05, 0.1) is 12.5 Å². The molecule has 106 valence electrons. The van der Waals surface area contributed by atoms with E-state index in [4.69, 9.17) is 15.0 Å². The van der Waals surface area contributed by atoms with Crippen LogP contribution in [0.4, 0.5) is 0 Å². The van der Waals surface area contributed by atoms with Crippen LogP contribution in [0.15, 0.2) is 36.8 Å². The maximum absolute atomic E-state index is 9.16. The number of allylic oxidation sites excluding steroid dienone is 4. The first-order chi connectivity index (χ1) is 6.74. The van der Waals surface area contributed by atoms with Gasteiger partial charge in [0, 0.05) is 6.08 Å². The molecule has 0 aromatic heterocycles. The largest absolute Gasteiger partial charge is 0.516 e. The third kappa shape index (κ3) is 186. The summed E-state index contributed by atoms with van der Waals surface area (Å²) in [6.45, 7) is 6.14. The molecule has 0 aliphatic rings. The lowest BCUT2D eigenvalue weighted by Crippen LogP contribution is -1.53. The van der Waals surface area contributed by atoms with Crippen LogP contribution < -0.4 is 0 Å². The van der Waals surface area contributed by atoms with Gasteiger partial charge in [-0.2, -0.15) is 0 Å². The molecule has 0 bridgehead atoms. The average Bonchev–Trinajstić information content (AvgIpc) is 2.18. The summed E-state index contributed by atoms with van der Waals surface area (Å²) in [5.74, 6) is 0. The Hall–Kier alpha value is -1.51. The predicted molar refractivity (Wildman–Crippen MR) is 80.6 cm³/mol. The number of hydrogen-bond donors (Lipinski definition) is 2. The minimum absolute atomic E-state index is 0. The van der Waals surface area contributed by atoms with Gasteiger partial charge in [-0.25, -0.2) is 0 Å². The van der Waals surface area contributed by atoms with Crippen molar-refractivity contribution in [1.82, 2.24) is 0 Å². The summed E-state index contributed by atoms with van der Waals surface area (Å²) in [6.07, 6.45) is 9.58. The second-order valence-corrected chi connectivity index (χ2v) is 2.05. The van der Waals surface area contributed by atoms with E-state index in [2.05, 4.69) is 13.8 Å². The van der Waals surface area contributed by atoms with Crippen LogP contribution >= 0.6 is 0 Å². The fraction of sp³-hybridized carbons (Fsp3) is 0.500. The van der Waals surface area contributed by atoms with Crippen LogP contribution in [0.3, 0.4) is 0 Å². The van der Waals surface area contributed by atoms with E-state index in [1.165, 1.54) is 6.42 Å². The fourth-order valence-corrected chi connectivity index (χ4v) is 0.196. The molecular weight excluding hydrogens is 216 g/mol. The Kier molecular flexibility index (Phi) is 133. The zero-order valence-electron chi connectivity index (χ0n) is 9.05. The summed E-state index contributed by atoms with van der Waals surface area (Å²) in [7, 11) is 0. The van der Waals surface area contributed by atoms with Crippen molar-refractivity contribution in [1.29, 1.82) is 0 Å². The highest BCUT2D eigenvalue weighted by atomic mass is 16.2. The molecule has 0 aromatic carbocycles. The van der Waals surface area contributed by atoms with Crippen LogP contribution in [0.2, 0.25) is 0 Å². The van der Waals surface area contributed by atoms with Crippen LogP contribution in [0.25, 0.3) is 0 Å². The van der Waals surface area contributed by atoms with Crippen molar-refractivity contribution in [2.45, 2.75) is 49.5 Å². The smallest absolute Gasteiger partial charge is 0.145 e. The normalized spacial score (nSPS) is 7.71. The van der Waals surface area contributed by atoms with Crippen molar-refractivity contribution in [2.75, 3.05) is 0 Å². The van der Waals surface area contributed by atoms with E-state index >= 15 is 0 Å². The lowest BCUT2D eigenvalue weighted by molar-refractivity contribution is -0.104. The van der Waals surface area contributed by atoms with E-state index in [1.54, 1.807) is 12.2 Å². The van der Waals surface area contributed by atoms with Crippen molar-refractivity contribution in [3.8, 4) is 0 Å². The maximum Gasteiger partial charge on any atom is 0.145 e. The molecule has 0 atom stereocenters. The molecule has 0 amide bonds. The van der Waals surface area contributed by atoms with Crippen molar-refractivity contribution in [3.05, 3.63) is 36.8 Å². The Morgan fingerprint density at radius 2 is 1.24 bits per heavy atom. The Morgan fingerprint density at radius 3 is 1.29 bits per heavy atom. The summed E-state index contributed by atoms with van der Waals surface area (Å²) in [5.41, 5.74) is 0. The number of carbonyl (C=O) groups excluding carboxylic acids is 1. The molecule has 0 aromatic rings. The standard InChI is InChI=1S/C5H8O.C3H4O2.C3H8.3CH4/c1-2-3-4-5-6;4-2-1-3-5;1-3-2;;;/h2-6H,1H3;1-4H;3H2,1-2H3;3*1H4/b3-2+,5-4-;2-1-;;;;. The topological polar surface area (TPSA) is 57.5 Å². The number of aliphatic hydroxyl groups is 2. The van der Waals surface area contributed by atoms with Crippen LogP contribution in [0.5, 0.6) is 0 Å². The summed E-state index contributed by atoms with van der Waals surface area (Å²) in [4.78, 5) is 9.16. The average molecular weight is 248 g/mol. The van der Waals surface area contributed by atoms with Gasteiger partial charge in [-0.1, -0.05) is 54.7 Å².